The summed E-state index contributed by atoms with van der Waals surface area (Å²) in [6.07, 6.45) is 1.46. The Morgan fingerprint density at radius 1 is 0.867 bits per heavy atom. The Morgan fingerprint density at radius 3 is 2.13 bits per heavy atom. The number of amides is 4. The van der Waals surface area contributed by atoms with E-state index < -0.39 is 17.9 Å². The van der Waals surface area contributed by atoms with E-state index in [9.17, 15) is 19.2 Å². The molecule has 4 rings (SSSR count). The van der Waals surface area contributed by atoms with Gasteiger partial charge in [-0.15, -0.1) is 11.3 Å². The molecule has 0 aliphatic carbocycles. The number of rotatable bonds is 2. The molecule has 3 fully saturated rings. The monoisotopic (exact) mass is 434 g/mol. The molecular weight excluding hydrogens is 408 g/mol. The Kier molecular flexibility index (Phi) is 6.33. The molecule has 0 radical (unpaired) electrons. The van der Waals surface area contributed by atoms with E-state index in [1.807, 2.05) is 11.4 Å². The quantitative estimate of drug-likeness (QED) is 0.606. The SMILES string of the molecule is O=C(C(=O)N1CCN(C(=O)[C@@H]2CCCN2C(=O)c2cccs2)CC1)N1CCOCC1. The van der Waals surface area contributed by atoms with Crippen molar-refractivity contribution < 1.29 is 23.9 Å². The van der Waals surface area contributed by atoms with Gasteiger partial charge in [-0.1, -0.05) is 6.07 Å². The van der Waals surface area contributed by atoms with Crippen LogP contribution in [0.4, 0.5) is 0 Å². The van der Waals surface area contributed by atoms with Crippen molar-refractivity contribution in [3.63, 3.8) is 0 Å². The van der Waals surface area contributed by atoms with Crippen molar-refractivity contribution in [1.29, 1.82) is 0 Å². The number of likely N-dealkylation sites (tertiary alicyclic amines) is 1. The largest absolute Gasteiger partial charge is 0.378 e. The molecule has 1 aromatic rings. The fourth-order valence-electron chi connectivity index (χ4n) is 4.19. The molecule has 0 saturated carbocycles. The van der Waals surface area contributed by atoms with Crippen LogP contribution in [0.3, 0.4) is 0 Å². The van der Waals surface area contributed by atoms with Crippen LogP contribution < -0.4 is 0 Å². The highest BCUT2D eigenvalue weighted by molar-refractivity contribution is 7.12. The summed E-state index contributed by atoms with van der Waals surface area (Å²) in [5, 5.41) is 1.86. The Morgan fingerprint density at radius 2 is 1.50 bits per heavy atom. The van der Waals surface area contributed by atoms with Crippen molar-refractivity contribution >= 4 is 35.0 Å². The highest BCUT2D eigenvalue weighted by Gasteiger charge is 2.39. The lowest BCUT2D eigenvalue weighted by molar-refractivity contribution is -0.156. The van der Waals surface area contributed by atoms with Crippen LogP contribution in [0.1, 0.15) is 22.5 Å². The third-order valence-corrected chi connectivity index (χ3v) is 6.75. The van der Waals surface area contributed by atoms with Crippen molar-refractivity contribution in [1.82, 2.24) is 19.6 Å². The number of nitrogens with zero attached hydrogens (tertiary/aromatic N) is 4. The predicted octanol–water partition coefficient (Wildman–Crippen LogP) is -0.118. The van der Waals surface area contributed by atoms with E-state index in [0.717, 1.165) is 6.42 Å². The van der Waals surface area contributed by atoms with Crippen molar-refractivity contribution in [3.8, 4) is 0 Å². The second-order valence-corrected chi connectivity index (χ2v) is 8.60. The van der Waals surface area contributed by atoms with E-state index in [4.69, 9.17) is 4.74 Å². The van der Waals surface area contributed by atoms with Gasteiger partial charge in [-0.2, -0.15) is 0 Å². The van der Waals surface area contributed by atoms with Gasteiger partial charge in [0.2, 0.25) is 5.91 Å². The van der Waals surface area contributed by atoms with Crippen molar-refractivity contribution in [2.75, 3.05) is 59.0 Å². The van der Waals surface area contributed by atoms with Crippen molar-refractivity contribution in [3.05, 3.63) is 22.4 Å². The van der Waals surface area contributed by atoms with E-state index in [1.54, 1.807) is 15.9 Å². The first-order chi connectivity index (χ1) is 14.6. The van der Waals surface area contributed by atoms with Crippen molar-refractivity contribution in [2.45, 2.75) is 18.9 Å². The highest BCUT2D eigenvalue weighted by atomic mass is 32.1. The molecule has 3 aliphatic rings. The first-order valence-corrected chi connectivity index (χ1v) is 11.2. The number of carbonyl (C=O) groups excluding carboxylic acids is 4. The minimum atomic E-state index is -0.514. The standard InChI is InChI=1S/C20H26N4O5S/c25-17(15-3-1-5-24(15)18(26)16-4-2-14-30-16)21-6-8-22(9-7-21)19(27)20(28)23-10-12-29-13-11-23/h2,4,14-15H,1,3,5-13H2/t15-/m0/s1. The van der Waals surface area contributed by atoms with Gasteiger partial charge in [0, 0.05) is 45.8 Å². The van der Waals surface area contributed by atoms with E-state index in [2.05, 4.69) is 0 Å². The van der Waals surface area contributed by atoms with E-state index in [1.165, 1.54) is 21.1 Å². The molecule has 0 spiro atoms. The Balaban J connectivity index is 1.32. The molecule has 1 atom stereocenters. The van der Waals surface area contributed by atoms with Gasteiger partial charge in [-0.3, -0.25) is 19.2 Å². The number of morpholine rings is 1. The summed E-state index contributed by atoms with van der Waals surface area (Å²) in [7, 11) is 0. The fourth-order valence-corrected chi connectivity index (χ4v) is 4.86. The topological polar surface area (TPSA) is 90.5 Å². The van der Waals surface area contributed by atoms with Gasteiger partial charge in [-0.25, -0.2) is 0 Å². The van der Waals surface area contributed by atoms with Crippen LogP contribution in [0.15, 0.2) is 17.5 Å². The second-order valence-electron chi connectivity index (χ2n) is 7.66. The maximum Gasteiger partial charge on any atom is 0.312 e. The molecule has 4 amide bonds. The zero-order chi connectivity index (χ0) is 21.1. The number of hydrogen-bond acceptors (Lipinski definition) is 6. The zero-order valence-electron chi connectivity index (χ0n) is 16.8. The zero-order valence-corrected chi connectivity index (χ0v) is 17.6. The number of piperazine rings is 1. The Hall–Kier alpha value is -2.46. The highest BCUT2D eigenvalue weighted by Crippen LogP contribution is 2.24. The summed E-state index contributed by atoms with van der Waals surface area (Å²) in [5.74, 6) is -1.17. The minimum absolute atomic E-state index is 0.0657. The van der Waals surface area contributed by atoms with Gasteiger partial charge in [0.25, 0.3) is 5.91 Å². The minimum Gasteiger partial charge on any atom is -0.378 e. The summed E-state index contributed by atoms with van der Waals surface area (Å²) < 4.78 is 5.22. The molecule has 0 bridgehead atoms. The molecule has 0 aromatic carbocycles. The molecule has 162 valence electrons. The molecule has 10 heteroatoms. The molecule has 0 N–H and O–H groups in total. The molecule has 4 heterocycles. The summed E-state index contributed by atoms with van der Waals surface area (Å²) in [5.41, 5.74) is 0. The first-order valence-electron chi connectivity index (χ1n) is 10.4. The second kappa shape index (κ2) is 9.13. The van der Waals surface area contributed by atoms with Gasteiger partial charge < -0.3 is 24.3 Å². The average Bonchev–Trinajstić information content (AvgIpc) is 3.50. The summed E-state index contributed by atoms with van der Waals surface area (Å²) in [6, 6.07) is 3.17. The van der Waals surface area contributed by atoms with Crippen LogP contribution >= 0.6 is 11.3 Å². The van der Waals surface area contributed by atoms with Gasteiger partial charge in [0.05, 0.1) is 18.1 Å². The lowest BCUT2D eigenvalue weighted by Crippen LogP contribution is -2.57. The van der Waals surface area contributed by atoms with Gasteiger partial charge in [0.15, 0.2) is 0 Å². The third kappa shape index (κ3) is 4.20. The normalized spacial score (nSPS) is 22.3. The predicted molar refractivity (Wildman–Crippen MR) is 109 cm³/mol. The number of carbonyl (C=O) groups is 4. The van der Waals surface area contributed by atoms with Crippen molar-refractivity contribution in [2.24, 2.45) is 0 Å². The number of ether oxygens (including phenoxy) is 1. The Bertz CT molecular complexity index is 800. The summed E-state index contributed by atoms with van der Waals surface area (Å²) in [6.45, 7) is 3.74. The molecule has 3 saturated heterocycles. The fraction of sp³-hybridized carbons (Fsp3) is 0.600. The summed E-state index contributed by atoms with van der Waals surface area (Å²) in [4.78, 5) is 57.8. The van der Waals surface area contributed by atoms with Gasteiger partial charge in [-0.05, 0) is 24.3 Å². The van der Waals surface area contributed by atoms with Crippen LogP contribution in [0.2, 0.25) is 0 Å². The smallest absolute Gasteiger partial charge is 0.312 e. The van der Waals surface area contributed by atoms with E-state index >= 15 is 0 Å². The van der Waals surface area contributed by atoms with E-state index in [-0.39, 0.29) is 11.8 Å². The van der Waals surface area contributed by atoms with Crippen LogP contribution in [0.25, 0.3) is 0 Å². The number of thiophene rings is 1. The van der Waals surface area contributed by atoms with E-state index in [0.29, 0.717) is 70.3 Å². The molecular formula is C20H26N4O5S. The lowest BCUT2D eigenvalue weighted by Gasteiger charge is -2.37. The molecule has 30 heavy (non-hydrogen) atoms. The maximum absolute atomic E-state index is 13.1. The van der Waals surface area contributed by atoms with Crippen LogP contribution in [0, 0.1) is 0 Å². The molecule has 3 aliphatic heterocycles. The van der Waals surface area contributed by atoms with Crippen LogP contribution in [-0.2, 0) is 19.1 Å². The van der Waals surface area contributed by atoms with Gasteiger partial charge in [0.1, 0.15) is 6.04 Å². The first kappa shape index (κ1) is 20.8. The molecule has 9 nitrogen and oxygen atoms in total. The Labute approximate surface area is 179 Å². The molecule has 0 unspecified atom stereocenters. The molecule has 1 aromatic heterocycles. The maximum atomic E-state index is 13.1. The van der Waals surface area contributed by atoms with Crippen LogP contribution in [0.5, 0.6) is 0 Å². The lowest BCUT2D eigenvalue weighted by atomic mass is 10.1. The van der Waals surface area contributed by atoms with Crippen LogP contribution in [-0.4, -0.2) is 108 Å². The van der Waals surface area contributed by atoms with Gasteiger partial charge >= 0.3 is 11.8 Å². The third-order valence-electron chi connectivity index (χ3n) is 5.89. The number of hydrogen-bond donors (Lipinski definition) is 0. The summed E-state index contributed by atoms with van der Waals surface area (Å²) >= 11 is 1.38. The average molecular weight is 435 g/mol.